The molecule has 2 atom stereocenters. The number of ether oxygens (including phenoxy) is 1. The summed E-state index contributed by atoms with van der Waals surface area (Å²) in [5.41, 5.74) is 0.978. The number of fused-ring (bicyclic) bond motifs is 1. The van der Waals surface area contributed by atoms with Crippen LogP contribution in [0.3, 0.4) is 0 Å². The minimum Gasteiger partial charge on any atom is -0.463 e. The zero-order valence-corrected chi connectivity index (χ0v) is 17.6. The Morgan fingerprint density at radius 3 is 2.30 bits per heavy atom. The Morgan fingerprint density at radius 1 is 1.13 bits per heavy atom. The molecule has 0 N–H and O–H groups in total. The number of halogens is 3. The summed E-state index contributed by atoms with van der Waals surface area (Å²) in [5, 5.41) is 0. The molecule has 1 aliphatic carbocycles. The molecule has 0 aromatic heterocycles. The van der Waals surface area contributed by atoms with Gasteiger partial charge in [0.05, 0.1) is 29.4 Å². The smallest absolute Gasteiger partial charge is 0.416 e. The average Bonchev–Trinajstić information content (AvgIpc) is 2.65. The molecule has 1 aromatic carbocycles. The molecule has 7 heteroatoms. The van der Waals surface area contributed by atoms with Gasteiger partial charge in [-0.2, -0.15) is 13.2 Å². The van der Waals surface area contributed by atoms with Crippen molar-refractivity contribution >= 4 is 17.5 Å². The number of esters is 1. The first-order valence-electron chi connectivity index (χ1n) is 10.2. The van der Waals surface area contributed by atoms with E-state index in [-0.39, 0.29) is 23.4 Å². The van der Waals surface area contributed by atoms with Crippen molar-refractivity contribution in [1.82, 2.24) is 0 Å². The van der Waals surface area contributed by atoms with Gasteiger partial charge in [0, 0.05) is 18.1 Å². The minimum absolute atomic E-state index is 0.0492. The average molecular weight is 421 g/mol. The van der Waals surface area contributed by atoms with E-state index in [1.807, 2.05) is 20.8 Å². The van der Waals surface area contributed by atoms with Crippen LogP contribution in [0.1, 0.15) is 64.0 Å². The molecule has 2 aliphatic rings. The Hall–Kier alpha value is -2.44. The molecule has 0 saturated heterocycles. The van der Waals surface area contributed by atoms with Gasteiger partial charge in [-0.15, -0.1) is 0 Å². The first kappa shape index (κ1) is 22.2. The predicted molar refractivity (Wildman–Crippen MR) is 107 cm³/mol. The molecule has 162 valence electrons. The maximum absolute atomic E-state index is 13.1. The van der Waals surface area contributed by atoms with Gasteiger partial charge in [-0.3, -0.25) is 9.79 Å². The number of aliphatic imine (C=N–C) groups is 1. The second-order valence-electron chi connectivity index (χ2n) is 8.60. The number of hydrogen-bond acceptors (Lipinski definition) is 4. The van der Waals surface area contributed by atoms with Crippen molar-refractivity contribution in [3.05, 3.63) is 46.7 Å². The Kier molecular flexibility index (Phi) is 5.94. The van der Waals surface area contributed by atoms with Crippen LogP contribution in [0.4, 0.5) is 13.2 Å². The maximum atomic E-state index is 13.1. The van der Waals surface area contributed by atoms with Gasteiger partial charge in [-0.1, -0.05) is 32.9 Å². The van der Waals surface area contributed by atoms with Crippen molar-refractivity contribution < 1.29 is 27.5 Å². The van der Waals surface area contributed by atoms with Gasteiger partial charge in [-0.25, -0.2) is 4.79 Å². The molecule has 1 saturated carbocycles. The second kappa shape index (κ2) is 8.00. The van der Waals surface area contributed by atoms with Crippen LogP contribution < -0.4 is 0 Å². The topological polar surface area (TPSA) is 55.7 Å². The van der Waals surface area contributed by atoms with Crippen LogP contribution in [0.2, 0.25) is 0 Å². The lowest BCUT2D eigenvalue weighted by Gasteiger charge is -2.41. The van der Waals surface area contributed by atoms with Gasteiger partial charge >= 0.3 is 12.1 Å². The highest BCUT2D eigenvalue weighted by Gasteiger charge is 2.48. The number of ketones is 1. The number of alkyl halides is 3. The molecule has 1 aliphatic heterocycles. The van der Waals surface area contributed by atoms with Crippen molar-refractivity contribution in [2.24, 2.45) is 16.3 Å². The van der Waals surface area contributed by atoms with Crippen LogP contribution >= 0.6 is 0 Å². The summed E-state index contributed by atoms with van der Waals surface area (Å²) >= 11 is 0. The summed E-state index contributed by atoms with van der Waals surface area (Å²) in [6, 6.07) is 4.70. The van der Waals surface area contributed by atoms with Crippen LogP contribution in [0.15, 0.2) is 40.5 Å². The Bertz CT molecular complexity index is 911. The summed E-state index contributed by atoms with van der Waals surface area (Å²) in [5.74, 6) is -1.98. The number of nitrogens with zero attached hydrogens (tertiary/aromatic N) is 1. The van der Waals surface area contributed by atoms with Crippen LogP contribution in [0.5, 0.6) is 0 Å². The van der Waals surface area contributed by atoms with E-state index in [4.69, 9.17) is 4.74 Å². The summed E-state index contributed by atoms with van der Waals surface area (Å²) in [4.78, 5) is 30.7. The number of Topliss-reactive ketones (excluding diaryl/α,β-unsaturated/α-hetero) is 1. The van der Waals surface area contributed by atoms with E-state index in [0.717, 1.165) is 12.1 Å². The van der Waals surface area contributed by atoms with E-state index < -0.39 is 29.5 Å². The third-order valence-electron chi connectivity index (χ3n) is 5.68. The van der Waals surface area contributed by atoms with Crippen molar-refractivity contribution in [2.45, 2.75) is 59.1 Å². The minimum atomic E-state index is -4.46. The van der Waals surface area contributed by atoms with Gasteiger partial charge < -0.3 is 4.74 Å². The molecule has 1 fully saturated rings. The fourth-order valence-electron chi connectivity index (χ4n) is 4.46. The summed E-state index contributed by atoms with van der Waals surface area (Å²) in [6.45, 7) is 7.68. The number of hydrogen-bond donors (Lipinski definition) is 0. The van der Waals surface area contributed by atoms with Crippen LogP contribution in [0.25, 0.3) is 0 Å². The van der Waals surface area contributed by atoms with Crippen molar-refractivity contribution in [1.29, 1.82) is 0 Å². The zero-order chi connectivity index (χ0) is 22.3. The normalized spacial score (nSPS) is 23.7. The molecular weight excluding hydrogens is 395 g/mol. The highest BCUT2D eigenvalue weighted by atomic mass is 19.4. The number of benzene rings is 1. The molecular formula is C23H26F3NO3. The Labute approximate surface area is 174 Å². The highest BCUT2D eigenvalue weighted by Crippen LogP contribution is 2.47. The van der Waals surface area contributed by atoms with Crippen LogP contribution in [-0.2, 0) is 20.5 Å². The number of carbonyl (C=O) groups is 2. The van der Waals surface area contributed by atoms with E-state index >= 15 is 0 Å². The van der Waals surface area contributed by atoms with E-state index in [1.165, 1.54) is 12.1 Å². The molecule has 30 heavy (non-hydrogen) atoms. The van der Waals surface area contributed by atoms with E-state index in [2.05, 4.69) is 4.99 Å². The molecule has 1 heterocycles. The van der Waals surface area contributed by atoms with Crippen molar-refractivity contribution in [3.8, 4) is 0 Å². The highest BCUT2D eigenvalue weighted by molar-refractivity contribution is 6.12. The monoisotopic (exact) mass is 421 g/mol. The van der Waals surface area contributed by atoms with Gasteiger partial charge in [0.1, 0.15) is 5.78 Å². The van der Waals surface area contributed by atoms with Gasteiger partial charge in [0.15, 0.2) is 0 Å². The quantitative estimate of drug-likeness (QED) is 0.605. The zero-order valence-electron chi connectivity index (χ0n) is 17.6. The second-order valence-corrected chi connectivity index (χ2v) is 8.60. The standard InChI is InChI=1S/C23H26F3NO3/c1-5-15-20(21(29)30-6-2)18(13-7-9-14(10-8-13)23(24,25)26)19-16(27-15)11-22(3,4)12-17(19)28/h7-10,18-19H,5-6,11-12H2,1-4H3. The fourth-order valence-corrected chi connectivity index (χ4v) is 4.46. The molecule has 0 bridgehead atoms. The Morgan fingerprint density at radius 2 is 1.77 bits per heavy atom. The largest absolute Gasteiger partial charge is 0.463 e. The molecule has 1 aromatic rings. The van der Waals surface area contributed by atoms with Crippen molar-refractivity contribution in [2.75, 3.05) is 6.61 Å². The van der Waals surface area contributed by atoms with Crippen molar-refractivity contribution in [3.63, 3.8) is 0 Å². The lowest BCUT2D eigenvalue weighted by Crippen LogP contribution is -2.44. The molecule has 0 radical (unpaired) electrons. The van der Waals surface area contributed by atoms with Gasteiger partial charge in [0.25, 0.3) is 0 Å². The molecule has 2 unspecified atom stereocenters. The Balaban J connectivity index is 2.17. The third kappa shape index (κ3) is 4.20. The molecule has 3 rings (SSSR count). The first-order valence-corrected chi connectivity index (χ1v) is 10.2. The summed E-state index contributed by atoms with van der Waals surface area (Å²) < 4.78 is 44.4. The van der Waals surface area contributed by atoms with E-state index in [0.29, 0.717) is 36.2 Å². The predicted octanol–water partition coefficient (Wildman–Crippen LogP) is 5.48. The summed E-state index contributed by atoms with van der Waals surface area (Å²) in [7, 11) is 0. The fraction of sp³-hybridized carbons (Fsp3) is 0.522. The number of allylic oxidation sites excluding steroid dienone is 1. The number of rotatable bonds is 4. The van der Waals surface area contributed by atoms with E-state index in [9.17, 15) is 22.8 Å². The first-order chi connectivity index (χ1) is 14.0. The van der Waals surface area contributed by atoms with Crippen LogP contribution in [0, 0.1) is 11.3 Å². The molecule has 0 spiro atoms. The lowest BCUT2D eigenvalue weighted by molar-refractivity contribution is -0.139. The maximum Gasteiger partial charge on any atom is 0.416 e. The molecule has 4 nitrogen and oxygen atoms in total. The van der Waals surface area contributed by atoms with Crippen LogP contribution in [-0.4, -0.2) is 24.1 Å². The number of carbonyl (C=O) groups excluding carboxylic acids is 2. The van der Waals surface area contributed by atoms with Gasteiger partial charge in [-0.05, 0) is 42.9 Å². The van der Waals surface area contributed by atoms with E-state index in [1.54, 1.807) is 6.92 Å². The third-order valence-corrected chi connectivity index (χ3v) is 5.68. The molecule has 0 amide bonds. The SMILES string of the molecule is CCOC(=O)C1=C(CC)N=C2CC(C)(C)CC(=O)C2C1c1ccc(C(F)(F)F)cc1. The lowest BCUT2D eigenvalue weighted by atomic mass is 9.63. The summed E-state index contributed by atoms with van der Waals surface area (Å²) in [6.07, 6.45) is -3.08. The van der Waals surface area contributed by atoms with Gasteiger partial charge in [0.2, 0.25) is 0 Å².